The molecular formula is C14H33NSi. The lowest BCUT2D eigenvalue weighted by Gasteiger charge is -2.34. The summed E-state index contributed by atoms with van der Waals surface area (Å²) in [7, 11) is -1.15. The van der Waals surface area contributed by atoms with E-state index < -0.39 is 8.24 Å². The Morgan fingerprint density at radius 3 is 1.75 bits per heavy atom. The summed E-state index contributed by atoms with van der Waals surface area (Å²) in [5.41, 5.74) is 0. The summed E-state index contributed by atoms with van der Waals surface area (Å²) in [4.78, 5) is 3.99. The van der Waals surface area contributed by atoms with E-state index in [1.807, 2.05) is 0 Å². The van der Waals surface area contributed by atoms with Crippen molar-refractivity contribution in [3.05, 3.63) is 0 Å². The summed E-state index contributed by atoms with van der Waals surface area (Å²) in [5, 5.41) is 0. The van der Waals surface area contributed by atoms with Gasteiger partial charge < -0.3 is 4.98 Å². The molecule has 0 radical (unpaired) electrons. The summed E-state index contributed by atoms with van der Waals surface area (Å²) >= 11 is 0. The molecule has 0 saturated heterocycles. The number of rotatable bonds is 10. The maximum absolute atomic E-state index is 3.99. The second kappa shape index (κ2) is 9.23. The van der Waals surface area contributed by atoms with Gasteiger partial charge in [-0.15, -0.1) is 0 Å². The van der Waals surface area contributed by atoms with Crippen molar-refractivity contribution in [2.75, 3.05) is 0 Å². The highest BCUT2D eigenvalue weighted by Crippen LogP contribution is 2.25. The van der Waals surface area contributed by atoms with Gasteiger partial charge in [0.1, 0.15) is 8.24 Å². The topological polar surface area (TPSA) is 12.0 Å². The molecule has 0 amide bonds. The first kappa shape index (κ1) is 16.2. The van der Waals surface area contributed by atoms with Crippen molar-refractivity contribution in [1.82, 2.24) is 4.98 Å². The molecule has 1 nitrogen and oxygen atoms in total. The summed E-state index contributed by atoms with van der Waals surface area (Å²) in [6, 6.07) is 5.12. The van der Waals surface area contributed by atoms with Crippen LogP contribution in [0.4, 0.5) is 0 Å². The van der Waals surface area contributed by atoms with Crippen molar-refractivity contribution < 1.29 is 0 Å². The maximum Gasteiger partial charge on any atom is 0.125 e. The smallest absolute Gasteiger partial charge is 0.125 e. The fourth-order valence-corrected chi connectivity index (χ4v) is 8.12. The molecule has 0 aliphatic heterocycles. The highest BCUT2D eigenvalue weighted by molar-refractivity contribution is 6.77. The van der Waals surface area contributed by atoms with Gasteiger partial charge in [-0.05, 0) is 24.2 Å². The molecule has 0 bridgehead atoms. The Labute approximate surface area is 104 Å². The SMILES string of the molecule is CCCCC[Si](CCC)(CCC)NC(C)C. The van der Waals surface area contributed by atoms with Crippen molar-refractivity contribution in [2.45, 2.75) is 90.9 Å². The molecule has 0 spiro atoms. The zero-order valence-electron chi connectivity index (χ0n) is 12.2. The van der Waals surface area contributed by atoms with Crippen LogP contribution in [0.2, 0.25) is 18.1 Å². The fourth-order valence-electron chi connectivity index (χ4n) is 2.87. The molecule has 0 heterocycles. The Morgan fingerprint density at radius 1 is 0.812 bits per heavy atom. The average Bonchev–Trinajstić information content (AvgIpc) is 2.17. The molecule has 0 aliphatic carbocycles. The number of hydrogen-bond acceptors (Lipinski definition) is 1. The van der Waals surface area contributed by atoms with E-state index in [0.717, 1.165) is 0 Å². The first-order valence-corrected chi connectivity index (χ1v) is 10.00. The minimum atomic E-state index is -1.15. The largest absolute Gasteiger partial charge is 0.335 e. The Bertz CT molecular complexity index is 151. The summed E-state index contributed by atoms with van der Waals surface area (Å²) in [6.07, 6.45) is 6.94. The summed E-state index contributed by atoms with van der Waals surface area (Å²) in [5.74, 6) is 0. The van der Waals surface area contributed by atoms with Crippen LogP contribution in [-0.4, -0.2) is 14.3 Å². The number of nitrogens with one attached hydrogen (secondary N) is 1. The molecule has 0 aromatic rings. The van der Waals surface area contributed by atoms with Gasteiger partial charge in [-0.3, -0.25) is 0 Å². The van der Waals surface area contributed by atoms with E-state index in [2.05, 4.69) is 39.6 Å². The van der Waals surface area contributed by atoms with E-state index in [0.29, 0.717) is 6.04 Å². The summed E-state index contributed by atoms with van der Waals surface area (Å²) < 4.78 is 0. The van der Waals surface area contributed by atoms with Gasteiger partial charge in [0.05, 0.1) is 0 Å². The van der Waals surface area contributed by atoms with E-state index >= 15 is 0 Å². The van der Waals surface area contributed by atoms with Crippen LogP contribution in [0.5, 0.6) is 0 Å². The van der Waals surface area contributed by atoms with Crippen molar-refractivity contribution in [3.63, 3.8) is 0 Å². The molecule has 0 aromatic carbocycles. The standard InChI is InChI=1S/C14H33NSi/c1-6-9-10-13-16(11-7-2,12-8-3)15-14(4)5/h14-15H,6-13H2,1-5H3. The molecule has 0 atom stereocenters. The molecule has 0 saturated carbocycles. The lowest BCUT2D eigenvalue weighted by Crippen LogP contribution is -2.53. The maximum atomic E-state index is 3.99. The van der Waals surface area contributed by atoms with E-state index in [4.69, 9.17) is 0 Å². The van der Waals surface area contributed by atoms with Crippen LogP contribution in [0.3, 0.4) is 0 Å². The van der Waals surface area contributed by atoms with Crippen molar-refractivity contribution >= 4 is 8.24 Å². The Balaban J connectivity index is 4.37. The Hall–Kier alpha value is 0.177. The minimum Gasteiger partial charge on any atom is -0.335 e. The van der Waals surface area contributed by atoms with Gasteiger partial charge in [0.25, 0.3) is 0 Å². The van der Waals surface area contributed by atoms with Gasteiger partial charge in [0.2, 0.25) is 0 Å². The van der Waals surface area contributed by atoms with Crippen LogP contribution in [0.25, 0.3) is 0 Å². The molecular weight excluding hydrogens is 210 g/mol. The van der Waals surface area contributed by atoms with Gasteiger partial charge in [-0.25, -0.2) is 0 Å². The monoisotopic (exact) mass is 243 g/mol. The third-order valence-electron chi connectivity index (χ3n) is 3.31. The van der Waals surface area contributed by atoms with Crippen LogP contribution >= 0.6 is 0 Å². The zero-order valence-corrected chi connectivity index (χ0v) is 13.2. The zero-order chi connectivity index (χ0) is 12.4. The van der Waals surface area contributed by atoms with E-state index in [1.165, 1.54) is 50.2 Å². The van der Waals surface area contributed by atoms with Gasteiger partial charge in [0.15, 0.2) is 0 Å². The highest BCUT2D eigenvalue weighted by Gasteiger charge is 2.30. The number of hydrogen-bond donors (Lipinski definition) is 1. The second-order valence-electron chi connectivity index (χ2n) is 5.54. The minimum absolute atomic E-state index is 0.673. The van der Waals surface area contributed by atoms with Crippen LogP contribution < -0.4 is 4.98 Å². The summed E-state index contributed by atoms with van der Waals surface area (Å²) in [6.45, 7) is 11.6. The molecule has 0 rings (SSSR count). The third kappa shape index (κ3) is 6.69. The normalized spacial score (nSPS) is 12.4. The highest BCUT2D eigenvalue weighted by atomic mass is 28.3. The second-order valence-corrected chi connectivity index (χ2v) is 9.89. The van der Waals surface area contributed by atoms with E-state index in [1.54, 1.807) is 0 Å². The molecule has 2 heteroatoms. The first-order valence-electron chi connectivity index (χ1n) is 7.38. The molecule has 0 aromatic heterocycles. The molecule has 1 N–H and O–H groups in total. The molecule has 0 fully saturated rings. The number of unbranched alkanes of at least 4 members (excludes halogenated alkanes) is 2. The van der Waals surface area contributed by atoms with E-state index in [9.17, 15) is 0 Å². The van der Waals surface area contributed by atoms with Crippen LogP contribution in [0.15, 0.2) is 0 Å². The van der Waals surface area contributed by atoms with E-state index in [-0.39, 0.29) is 0 Å². The van der Waals surface area contributed by atoms with Gasteiger partial charge in [-0.1, -0.05) is 66.7 Å². The quantitative estimate of drug-likeness (QED) is 0.423. The molecule has 98 valence electrons. The van der Waals surface area contributed by atoms with Crippen LogP contribution in [-0.2, 0) is 0 Å². The lowest BCUT2D eigenvalue weighted by molar-refractivity contribution is 0.682. The van der Waals surface area contributed by atoms with Gasteiger partial charge >= 0.3 is 0 Å². The van der Waals surface area contributed by atoms with Gasteiger partial charge in [0, 0.05) is 0 Å². The predicted octanol–water partition coefficient (Wildman–Crippen LogP) is 4.94. The fraction of sp³-hybridized carbons (Fsp3) is 1.00. The lowest BCUT2D eigenvalue weighted by atomic mass is 10.3. The van der Waals surface area contributed by atoms with Crippen LogP contribution in [0.1, 0.15) is 66.7 Å². The third-order valence-corrected chi connectivity index (χ3v) is 8.73. The van der Waals surface area contributed by atoms with Crippen molar-refractivity contribution in [1.29, 1.82) is 0 Å². The molecule has 0 unspecified atom stereocenters. The Kier molecular flexibility index (Phi) is 9.33. The predicted molar refractivity (Wildman–Crippen MR) is 78.6 cm³/mol. The first-order chi connectivity index (χ1) is 7.60. The van der Waals surface area contributed by atoms with Crippen molar-refractivity contribution in [2.24, 2.45) is 0 Å². The Morgan fingerprint density at radius 2 is 1.38 bits per heavy atom. The van der Waals surface area contributed by atoms with Crippen molar-refractivity contribution in [3.8, 4) is 0 Å². The van der Waals surface area contributed by atoms with Crippen LogP contribution in [0, 0.1) is 0 Å². The molecule has 0 aliphatic rings. The average molecular weight is 244 g/mol. The molecule has 16 heavy (non-hydrogen) atoms. The van der Waals surface area contributed by atoms with Gasteiger partial charge in [-0.2, -0.15) is 0 Å².